The molecule has 2 aliphatic rings. The Hall–Kier alpha value is -1.14. The third-order valence-electron chi connectivity index (χ3n) is 5.99. The van der Waals surface area contributed by atoms with Crippen LogP contribution in [-0.4, -0.2) is 47.3 Å². The van der Waals surface area contributed by atoms with Crippen LogP contribution in [0.1, 0.15) is 81.1 Å². The summed E-state index contributed by atoms with van der Waals surface area (Å²) in [6.07, 6.45) is 3.20. The highest BCUT2D eigenvalue weighted by Crippen LogP contribution is 2.36. The summed E-state index contributed by atoms with van der Waals surface area (Å²) in [6.45, 7) is 17.0. The van der Waals surface area contributed by atoms with Crippen molar-refractivity contribution in [2.24, 2.45) is 11.8 Å². The van der Waals surface area contributed by atoms with Gasteiger partial charge in [-0.1, -0.05) is 0 Å². The number of ether oxygens (including phenoxy) is 2. The molecule has 6 heteroatoms. The third kappa shape index (κ3) is 6.18. The van der Waals surface area contributed by atoms with Gasteiger partial charge in [-0.25, -0.2) is 0 Å². The molecule has 2 N–H and O–H groups in total. The first-order valence-corrected chi connectivity index (χ1v) is 10.5. The summed E-state index contributed by atoms with van der Waals surface area (Å²) >= 11 is 0. The maximum absolute atomic E-state index is 12.5. The van der Waals surface area contributed by atoms with Gasteiger partial charge in [0.05, 0.1) is 11.8 Å². The standard InChI is InChI=1S/C22H40N2O4/c1-19(2)10-9-15(13-20(3,4)23-19)17(25)27-11-12-28-18(26)16-14-21(5,6)24-22(16,7)8/h15-16,23-24H,9-14H2,1-8H3. The number of hydrogen-bond acceptors (Lipinski definition) is 6. The van der Waals surface area contributed by atoms with Crippen molar-refractivity contribution < 1.29 is 19.1 Å². The summed E-state index contributed by atoms with van der Waals surface area (Å²) in [5, 5.41) is 7.10. The molecule has 2 aliphatic heterocycles. The molecule has 0 saturated carbocycles. The van der Waals surface area contributed by atoms with Crippen LogP contribution in [0.2, 0.25) is 0 Å². The van der Waals surface area contributed by atoms with Crippen molar-refractivity contribution in [2.75, 3.05) is 13.2 Å². The molecule has 0 aromatic carbocycles. The zero-order valence-electron chi connectivity index (χ0n) is 19.0. The number of esters is 2. The monoisotopic (exact) mass is 396 g/mol. The van der Waals surface area contributed by atoms with Gasteiger partial charge in [-0.2, -0.15) is 0 Å². The summed E-state index contributed by atoms with van der Waals surface area (Å²) < 4.78 is 10.9. The Morgan fingerprint density at radius 3 is 1.86 bits per heavy atom. The molecule has 6 nitrogen and oxygen atoms in total. The third-order valence-corrected chi connectivity index (χ3v) is 5.99. The highest BCUT2D eigenvalue weighted by atomic mass is 16.6. The maximum atomic E-state index is 12.5. The summed E-state index contributed by atoms with van der Waals surface area (Å²) in [6, 6.07) is 0. The molecule has 2 saturated heterocycles. The Balaban J connectivity index is 1.79. The van der Waals surface area contributed by atoms with Gasteiger partial charge in [-0.05, 0) is 81.1 Å². The van der Waals surface area contributed by atoms with Gasteiger partial charge in [0.25, 0.3) is 0 Å². The molecule has 2 rings (SSSR count). The summed E-state index contributed by atoms with van der Waals surface area (Å²) in [7, 11) is 0. The molecular weight excluding hydrogens is 356 g/mol. The van der Waals surface area contributed by atoms with Crippen LogP contribution in [0, 0.1) is 11.8 Å². The normalized spacial score (nSPS) is 30.3. The molecule has 0 aromatic rings. The topological polar surface area (TPSA) is 76.7 Å². The first kappa shape index (κ1) is 23.1. The quantitative estimate of drug-likeness (QED) is 0.549. The van der Waals surface area contributed by atoms with Crippen LogP contribution >= 0.6 is 0 Å². The van der Waals surface area contributed by atoms with Crippen LogP contribution in [-0.2, 0) is 19.1 Å². The van der Waals surface area contributed by atoms with Gasteiger partial charge in [0, 0.05) is 22.2 Å². The Labute approximate surface area is 170 Å². The highest BCUT2D eigenvalue weighted by molar-refractivity contribution is 5.75. The predicted molar refractivity (Wildman–Crippen MR) is 110 cm³/mol. The lowest BCUT2D eigenvalue weighted by atomic mass is 9.87. The number of hydrogen-bond donors (Lipinski definition) is 2. The van der Waals surface area contributed by atoms with E-state index in [1.807, 2.05) is 13.8 Å². The fraction of sp³-hybridized carbons (Fsp3) is 0.909. The molecule has 2 heterocycles. The molecule has 0 radical (unpaired) electrons. The van der Waals surface area contributed by atoms with Crippen LogP contribution in [0.5, 0.6) is 0 Å². The zero-order valence-corrected chi connectivity index (χ0v) is 19.0. The number of nitrogens with one attached hydrogen (secondary N) is 2. The zero-order chi connectivity index (χ0) is 21.4. The number of rotatable bonds is 5. The fourth-order valence-corrected chi connectivity index (χ4v) is 5.14. The Morgan fingerprint density at radius 2 is 1.32 bits per heavy atom. The smallest absolute Gasteiger partial charge is 0.310 e. The first-order chi connectivity index (χ1) is 12.6. The van der Waals surface area contributed by atoms with E-state index in [0.717, 1.165) is 25.7 Å². The number of carbonyl (C=O) groups excluding carboxylic acids is 2. The molecule has 0 bridgehead atoms. The minimum Gasteiger partial charge on any atom is -0.462 e. The van der Waals surface area contributed by atoms with Crippen LogP contribution in [0.25, 0.3) is 0 Å². The summed E-state index contributed by atoms with van der Waals surface area (Å²) in [5.74, 6) is -0.735. The van der Waals surface area contributed by atoms with Gasteiger partial charge in [0.15, 0.2) is 0 Å². The second-order valence-electron chi connectivity index (χ2n) is 11.2. The van der Waals surface area contributed by atoms with Crippen LogP contribution in [0.4, 0.5) is 0 Å². The molecule has 0 aliphatic carbocycles. The molecule has 0 spiro atoms. The average molecular weight is 397 g/mol. The molecular formula is C22H40N2O4. The predicted octanol–water partition coefficient (Wildman–Crippen LogP) is 3.19. The largest absolute Gasteiger partial charge is 0.462 e. The first-order valence-electron chi connectivity index (χ1n) is 10.5. The van der Waals surface area contributed by atoms with Crippen molar-refractivity contribution in [3.8, 4) is 0 Å². The molecule has 28 heavy (non-hydrogen) atoms. The van der Waals surface area contributed by atoms with E-state index in [-0.39, 0.29) is 59.1 Å². The summed E-state index contributed by atoms with van der Waals surface area (Å²) in [5.41, 5.74) is -0.509. The molecule has 2 fully saturated rings. The molecule has 0 amide bonds. The molecule has 162 valence electrons. The van der Waals surface area contributed by atoms with Crippen LogP contribution in [0.15, 0.2) is 0 Å². The Morgan fingerprint density at radius 1 is 0.786 bits per heavy atom. The second kappa shape index (κ2) is 7.94. The van der Waals surface area contributed by atoms with E-state index in [1.54, 1.807) is 0 Å². The Kier molecular flexibility index (Phi) is 6.56. The van der Waals surface area contributed by atoms with E-state index in [1.165, 1.54) is 0 Å². The molecule has 0 aromatic heterocycles. The average Bonchev–Trinajstić information content (AvgIpc) is 2.65. The van der Waals surface area contributed by atoms with E-state index in [2.05, 4.69) is 52.2 Å². The van der Waals surface area contributed by atoms with E-state index in [0.29, 0.717) is 0 Å². The van der Waals surface area contributed by atoms with Gasteiger partial charge >= 0.3 is 11.9 Å². The second-order valence-corrected chi connectivity index (χ2v) is 11.2. The highest BCUT2D eigenvalue weighted by Gasteiger charge is 2.48. The summed E-state index contributed by atoms with van der Waals surface area (Å²) in [4.78, 5) is 25.0. The Bertz CT molecular complexity index is 595. The van der Waals surface area contributed by atoms with Gasteiger partial charge in [0.2, 0.25) is 0 Å². The van der Waals surface area contributed by atoms with Crippen molar-refractivity contribution >= 4 is 11.9 Å². The van der Waals surface area contributed by atoms with E-state index < -0.39 is 0 Å². The van der Waals surface area contributed by atoms with Crippen molar-refractivity contribution in [1.29, 1.82) is 0 Å². The van der Waals surface area contributed by atoms with E-state index >= 15 is 0 Å². The van der Waals surface area contributed by atoms with Crippen molar-refractivity contribution in [1.82, 2.24) is 10.6 Å². The SMILES string of the molecule is CC1(C)CCC(C(=O)OCCOC(=O)C2CC(C)(C)NC2(C)C)CC(C)(C)N1. The van der Waals surface area contributed by atoms with E-state index in [9.17, 15) is 9.59 Å². The lowest BCUT2D eigenvalue weighted by molar-refractivity contribution is -0.158. The van der Waals surface area contributed by atoms with Gasteiger partial charge in [-0.15, -0.1) is 0 Å². The minimum atomic E-state index is -0.303. The number of carbonyl (C=O) groups is 2. The minimum absolute atomic E-state index is 0.00393. The van der Waals surface area contributed by atoms with Crippen molar-refractivity contribution in [2.45, 2.75) is 103 Å². The van der Waals surface area contributed by atoms with Crippen molar-refractivity contribution in [3.63, 3.8) is 0 Å². The van der Waals surface area contributed by atoms with E-state index in [4.69, 9.17) is 9.47 Å². The van der Waals surface area contributed by atoms with Crippen LogP contribution < -0.4 is 10.6 Å². The lowest BCUT2D eigenvalue weighted by Crippen LogP contribution is -2.50. The fourth-order valence-electron chi connectivity index (χ4n) is 5.14. The van der Waals surface area contributed by atoms with Gasteiger partial charge in [-0.3, -0.25) is 9.59 Å². The van der Waals surface area contributed by atoms with Crippen LogP contribution in [0.3, 0.4) is 0 Å². The van der Waals surface area contributed by atoms with Gasteiger partial charge in [0.1, 0.15) is 13.2 Å². The lowest BCUT2D eigenvalue weighted by Gasteiger charge is -2.34. The van der Waals surface area contributed by atoms with Gasteiger partial charge < -0.3 is 20.1 Å². The molecule has 2 unspecified atom stereocenters. The molecule has 2 atom stereocenters. The van der Waals surface area contributed by atoms with Crippen molar-refractivity contribution in [3.05, 3.63) is 0 Å². The maximum Gasteiger partial charge on any atom is 0.310 e.